The average Bonchev–Trinajstić information content (AvgIpc) is 2.31. The van der Waals surface area contributed by atoms with Gasteiger partial charge in [-0.2, -0.15) is 0 Å². The molecule has 1 aromatic heterocycles. The van der Waals surface area contributed by atoms with Crippen LogP contribution in [0.15, 0.2) is 5.38 Å². The lowest BCUT2D eigenvalue weighted by atomic mass is 10.2. The van der Waals surface area contributed by atoms with Crippen LogP contribution in [-0.4, -0.2) is 16.2 Å². The van der Waals surface area contributed by atoms with Crippen molar-refractivity contribution in [1.29, 1.82) is 0 Å². The van der Waals surface area contributed by atoms with E-state index in [1.165, 1.54) is 0 Å². The first-order valence-electron chi connectivity index (χ1n) is 3.77. The van der Waals surface area contributed by atoms with E-state index in [0.717, 1.165) is 23.5 Å². The summed E-state index contributed by atoms with van der Waals surface area (Å²) in [5.74, 6) is 0. The molecule has 0 aromatic carbocycles. The standard InChI is InChI=1S/C8H13NOS/c1-6(10)3-4-8-5-11-7(2)9-8/h5-6,10H,3-4H2,1-2H3/t6-/m0/s1. The maximum Gasteiger partial charge on any atom is 0.0897 e. The van der Waals surface area contributed by atoms with Gasteiger partial charge in [0.1, 0.15) is 0 Å². The number of rotatable bonds is 3. The topological polar surface area (TPSA) is 33.1 Å². The molecule has 62 valence electrons. The zero-order valence-corrected chi connectivity index (χ0v) is 7.69. The minimum Gasteiger partial charge on any atom is -0.393 e. The molecular formula is C8H13NOS. The lowest BCUT2D eigenvalue weighted by Crippen LogP contribution is -2.01. The third-order valence-corrected chi connectivity index (χ3v) is 2.31. The van der Waals surface area contributed by atoms with Crippen molar-refractivity contribution in [3.63, 3.8) is 0 Å². The van der Waals surface area contributed by atoms with Crippen molar-refractivity contribution in [3.8, 4) is 0 Å². The quantitative estimate of drug-likeness (QED) is 0.751. The van der Waals surface area contributed by atoms with E-state index in [9.17, 15) is 0 Å². The van der Waals surface area contributed by atoms with Crippen LogP contribution in [0.3, 0.4) is 0 Å². The van der Waals surface area contributed by atoms with Crippen molar-refractivity contribution in [2.24, 2.45) is 0 Å². The van der Waals surface area contributed by atoms with E-state index in [-0.39, 0.29) is 6.10 Å². The molecule has 0 radical (unpaired) electrons. The second kappa shape index (κ2) is 3.83. The Hall–Kier alpha value is -0.410. The summed E-state index contributed by atoms with van der Waals surface area (Å²) in [6.07, 6.45) is 1.49. The molecule has 2 nitrogen and oxygen atoms in total. The lowest BCUT2D eigenvalue weighted by Gasteiger charge is -1.99. The third-order valence-electron chi connectivity index (χ3n) is 1.48. The van der Waals surface area contributed by atoms with E-state index in [4.69, 9.17) is 5.11 Å². The lowest BCUT2D eigenvalue weighted by molar-refractivity contribution is 0.184. The second-order valence-electron chi connectivity index (χ2n) is 2.75. The van der Waals surface area contributed by atoms with Crippen LogP contribution in [0, 0.1) is 6.92 Å². The molecule has 0 amide bonds. The molecule has 1 heterocycles. The summed E-state index contributed by atoms with van der Waals surface area (Å²) in [5.41, 5.74) is 1.11. The predicted octanol–water partition coefficient (Wildman–Crippen LogP) is 1.76. The van der Waals surface area contributed by atoms with Crippen LogP contribution in [0.4, 0.5) is 0 Å². The zero-order valence-electron chi connectivity index (χ0n) is 6.87. The van der Waals surface area contributed by atoms with Gasteiger partial charge in [0.15, 0.2) is 0 Å². The number of aliphatic hydroxyl groups excluding tert-OH is 1. The molecule has 1 N–H and O–H groups in total. The van der Waals surface area contributed by atoms with Gasteiger partial charge in [-0.15, -0.1) is 11.3 Å². The first-order valence-corrected chi connectivity index (χ1v) is 4.65. The van der Waals surface area contributed by atoms with Gasteiger partial charge < -0.3 is 5.11 Å². The van der Waals surface area contributed by atoms with Crippen LogP contribution in [0.2, 0.25) is 0 Å². The van der Waals surface area contributed by atoms with Gasteiger partial charge in [0.25, 0.3) is 0 Å². The first-order chi connectivity index (χ1) is 5.18. The highest BCUT2D eigenvalue weighted by Crippen LogP contribution is 2.10. The van der Waals surface area contributed by atoms with E-state index in [1.807, 2.05) is 6.92 Å². The highest BCUT2D eigenvalue weighted by atomic mass is 32.1. The van der Waals surface area contributed by atoms with Gasteiger partial charge in [-0.3, -0.25) is 0 Å². The van der Waals surface area contributed by atoms with Crippen LogP contribution < -0.4 is 0 Å². The molecule has 0 aliphatic carbocycles. The number of thiazole rings is 1. The van der Waals surface area contributed by atoms with Gasteiger partial charge >= 0.3 is 0 Å². The molecule has 0 fully saturated rings. The Kier molecular flexibility index (Phi) is 3.02. The number of nitrogens with zero attached hydrogens (tertiary/aromatic N) is 1. The molecular weight excluding hydrogens is 158 g/mol. The van der Waals surface area contributed by atoms with Crippen molar-refractivity contribution < 1.29 is 5.11 Å². The number of aliphatic hydroxyl groups is 1. The van der Waals surface area contributed by atoms with Gasteiger partial charge in [0.2, 0.25) is 0 Å². The van der Waals surface area contributed by atoms with Crippen molar-refractivity contribution in [2.45, 2.75) is 32.8 Å². The van der Waals surface area contributed by atoms with E-state index < -0.39 is 0 Å². The van der Waals surface area contributed by atoms with E-state index in [0.29, 0.717) is 0 Å². The molecule has 11 heavy (non-hydrogen) atoms. The molecule has 1 aromatic rings. The average molecular weight is 171 g/mol. The molecule has 0 unspecified atom stereocenters. The largest absolute Gasteiger partial charge is 0.393 e. The summed E-state index contributed by atoms with van der Waals surface area (Å²) in [4.78, 5) is 4.29. The molecule has 0 bridgehead atoms. The first kappa shape index (κ1) is 8.68. The van der Waals surface area contributed by atoms with E-state index >= 15 is 0 Å². The molecule has 0 saturated carbocycles. The molecule has 1 atom stereocenters. The van der Waals surface area contributed by atoms with Crippen LogP contribution in [-0.2, 0) is 6.42 Å². The van der Waals surface area contributed by atoms with Crippen LogP contribution in [0.25, 0.3) is 0 Å². The summed E-state index contributed by atoms with van der Waals surface area (Å²) >= 11 is 1.66. The van der Waals surface area contributed by atoms with Crippen molar-refractivity contribution in [1.82, 2.24) is 4.98 Å². The van der Waals surface area contributed by atoms with Gasteiger partial charge in [0.05, 0.1) is 16.8 Å². The minimum absolute atomic E-state index is 0.211. The Morgan fingerprint density at radius 1 is 1.73 bits per heavy atom. The van der Waals surface area contributed by atoms with E-state index in [2.05, 4.69) is 10.4 Å². The maximum atomic E-state index is 9.00. The molecule has 0 spiro atoms. The monoisotopic (exact) mass is 171 g/mol. The normalized spacial score (nSPS) is 13.4. The Labute approximate surface area is 70.9 Å². The van der Waals surface area contributed by atoms with E-state index in [1.54, 1.807) is 18.3 Å². The fourth-order valence-corrected chi connectivity index (χ4v) is 1.53. The summed E-state index contributed by atoms with van der Waals surface area (Å²) in [7, 11) is 0. The maximum absolute atomic E-state index is 9.00. The molecule has 1 rings (SSSR count). The SMILES string of the molecule is Cc1nc(CC[C@H](C)O)cs1. The number of hydrogen-bond acceptors (Lipinski definition) is 3. The number of aryl methyl sites for hydroxylation is 2. The highest BCUT2D eigenvalue weighted by molar-refractivity contribution is 7.09. The zero-order chi connectivity index (χ0) is 8.27. The number of hydrogen-bond donors (Lipinski definition) is 1. The van der Waals surface area contributed by atoms with Gasteiger partial charge in [0, 0.05) is 5.38 Å². The third kappa shape index (κ3) is 2.99. The molecule has 0 aliphatic rings. The van der Waals surface area contributed by atoms with Gasteiger partial charge in [-0.05, 0) is 26.7 Å². The Morgan fingerprint density at radius 2 is 2.45 bits per heavy atom. The van der Waals surface area contributed by atoms with Gasteiger partial charge in [-0.1, -0.05) is 0 Å². The highest BCUT2D eigenvalue weighted by Gasteiger charge is 2.00. The Bertz CT molecular complexity index is 220. The van der Waals surface area contributed by atoms with Crippen molar-refractivity contribution in [3.05, 3.63) is 16.1 Å². The summed E-state index contributed by atoms with van der Waals surface area (Å²) < 4.78 is 0. The van der Waals surface area contributed by atoms with Crippen LogP contribution in [0.5, 0.6) is 0 Å². The summed E-state index contributed by atoms with van der Waals surface area (Å²) in [6, 6.07) is 0. The second-order valence-corrected chi connectivity index (χ2v) is 3.81. The summed E-state index contributed by atoms with van der Waals surface area (Å²) in [6.45, 7) is 3.80. The Balaban J connectivity index is 2.39. The fourth-order valence-electron chi connectivity index (χ4n) is 0.880. The van der Waals surface area contributed by atoms with Crippen molar-refractivity contribution in [2.75, 3.05) is 0 Å². The summed E-state index contributed by atoms with van der Waals surface area (Å²) in [5, 5.41) is 12.2. The predicted molar refractivity (Wildman–Crippen MR) is 46.9 cm³/mol. The molecule has 0 aliphatic heterocycles. The van der Waals surface area contributed by atoms with Crippen LogP contribution in [0.1, 0.15) is 24.0 Å². The van der Waals surface area contributed by atoms with Crippen molar-refractivity contribution >= 4 is 11.3 Å². The smallest absolute Gasteiger partial charge is 0.0897 e. The molecule has 3 heteroatoms. The Morgan fingerprint density at radius 3 is 2.91 bits per heavy atom. The van der Waals surface area contributed by atoms with Gasteiger partial charge in [-0.25, -0.2) is 4.98 Å². The fraction of sp³-hybridized carbons (Fsp3) is 0.625. The number of aromatic nitrogens is 1. The molecule has 0 saturated heterocycles. The minimum atomic E-state index is -0.211. The van der Waals surface area contributed by atoms with Crippen LogP contribution >= 0.6 is 11.3 Å².